The van der Waals surface area contributed by atoms with Crippen molar-refractivity contribution in [3.63, 3.8) is 0 Å². The highest BCUT2D eigenvalue weighted by Crippen LogP contribution is 2.25. The lowest BCUT2D eigenvalue weighted by Gasteiger charge is -2.46. The van der Waals surface area contributed by atoms with Crippen LogP contribution in [-0.2, 0) is 4.79 Å². The van der Waals surface area contributed by atoms with Gasteiger partial charge in [-0.1, -0.05) is 6.92 Å². The fourth-order valence-electron chi connectivity index (χ4n) is 1.80. The normalized spacial score (nSPS) is 31.2. The maximum absolute atomic E-state index is 11.5. The van der Waals surface area contributed by atoms with Crippen molar-refractivity contribution in [3.05, 3.63) is 0 Å². The molecule has 1 rings (SSSR count). The monoisotopic (exact) mass is 171 g/mol. The highest BCUT2D eigenvalue weighted by atomic mass is 16.3. The Hall–Kier alpha value is -0.570. The number of carbonyl (C=O) groups is 1. The molecular formula is C9H17NO2. The number of hydrogen-bond donors (Lipinski definition) is 1. The third-order valence-electron chi connectivity index (χ3n) is 2.56. The quantitative estimate of drug-likeness (QED) is 0.666. The molecule has 0 radical (unpaired) electrons. The first-order chi connectivity index (χ1) is 5.57. The standard InChI is InChI=1S/C9H17NO2/c1-4-8(11)9(12)10-6(2)5-7(10)3/h6-8,11H,4-5H2,1-3H3. The SMILES string of the molecule is CCC(O)C(=O)N1C(C)CC1C. The molecule has 0 aromatic carbocycles. The van der Waals surface area contributed by atoms with Crippen LogP contribution < -0.4 is 0 Å². The zero-order chi connectivity index (χ0) is 9.30. The summed E-state index contributed by atoms with van der Waals surface area (Å²) in [4.78, 5) is 13.2. The second-order valence-electron chi connectivity index (χ2n) is 3.60. The van der Waals surface area contributed by atoms with Crippen molar-refractivity contribution in [1.29, 1.82) is 0 Å². The van der Waals surface area contributed by atoms with Gasteiger partial charge in [0.2, 0.25) is 0 Å². The van der Waals surface area contributed by atoms with Crippen LogP contribution in [0.1, 0.15) is 33.6 Å². The van der Waals surface area contributed by atoms with Crippen LogP contribution in [0.25, 0.3) is 0 Å². The molecule has 0 saturated carbocycles. The molecular weight excluding hydrogens is 154 g/mol. The topological polar surface area (TPSA) is 40.5 Å². The van der Waals surface area contributed by atoms with Crippen molar-refractivity contribution in [1.82, 2.24) is 4.90 Å². The van der Waals surface area contributed by atoms with E-state index in [1.165, 1.54) is 0 Å². The lowest BCUT2D eigenvalue weighted by Crippen LogP contribution is -2.58. The average Bonchev–Trinajstić information content (AvgIpc) is 2.02. The molecule has 0 aromatic rings. The predicted molar refractivity (Wildman–Crippen MR) is 46.7 cm³/mol. The van der Waals surface area contributed by atoms with Gasteiger partial charge in [-0.05, 0) is 26.7 Å². The van der Waals surface area contributed by atoms with Crippen molar-refractivity contribution in [2.45, 2.75) is 51.8 Å². The van der Waals surface area contributed by atoms with E-state index in [9.17, 15) is 9.90 Å². The van der Waals surface area contributed by atoms with E-state index in [0.29, 0.717) is 18.5 Å². The number of aliphatic hydroxyl groups excluding tert-OH is 1. The van der Waals surface area contributed by atoms with Gasteiger partial charge in [0.1, 0.15) is 6.10 Å². The van der Waals surface area contributed by atoms with Gasteiger partial charge in [-0.25, -0.2) is 0 Å². The van der Waals surface area contributed by atoms with Gasteiger partial charge in [0.05, 0.1) is 0 Å². The van der Waals surface area contributed by atoms with Gasteiger partial charge in [-0.3, -0.25) is 4.79 Å². The van der Waals surface area contributed by atoms with Gasteiger partial charge in [0, 0.05) is 12.1 Å². The summed E-state index contributed by atoms with van der Waals surface area (Å²) in [6.45, 7) is 5.85. The fraction of sp³-hybridized carbons (Fsp3) is 0.889. The number of amides is 1. The predicted octanol–water partition coefficient (Wildman–Crippen LogP) is 0.767. The minimum Gasteiger partial charge on any atom is -0.383 e. The molecule has 1 aliphatic heterocycles. The Bertz CT molecular complexity index is 173. The molecule has 1 aliphatic rings. The van der Waals surface area contributed by atoms with Crippen LogP contribution in [0.2, 0.25) is 0 Å². The minimum absolute atomic E-state index is 0.108. The Morgan fingerprint density at radius 3 is 2.42 bits per heavy atom. The Kier molecular flexibility index (Phi) is 2.73. The molecule has 70 valence electrons. The maximum atomic E-state index is 11.5. The highest BCUT2D eigenvalue weighted by molar-refractivity contribution is 5.82. The number of nitrogens with zero attached hydrogens (tertiary/aromatic N) is 1. The van der Waals surface area contributed by atoms with E-state index >= 15 is 0 Å². The Labute approximate surface area is 73.4 Å². The van der Waals surface area contributed by atoms with E-state index in [-0.39, 0.29) is 5.91 Å². The summed E-state index contributed by atoms with van der Waals surface area (Å²) < 4.78 is 0. The van der Waals surface area contributed by atoms with Crippen molar-refractivity contribution < 1.29 is 9.90 Å². The average molecular weight is 171 g/mol. The third-order valence-corrected chi connectivity index (χ3v) is 2.56. The number of carbonyl (C=O) groups excluding carboxylic acids is 1. The Morgan fingerprint density at radius 1 is 1.58 bits per heavy atom. The summed E-state index contributed by atoms with van der Waals surface area (Å²) >= 11 is 0. The molecule has 1 fully saturated rings. The summed E-state index contributed by atoms with van der Waals surface area (Å²) in [5, 5.41) is 9.31. The van der Waals surface area contributed by atoms with Gasteiger partial charge < -0.3 is 10.0 Å². The summed E-state index contributed by atoms with van der Waals surface area (Å²) in [5.41, 5.74) is 0. The van der Waals surface area contributed by atoms with E-state index in [1.807, 2.05) is 20.8 Å². The first-order valence-electron chi connectivity index (χ1n) is 4.58. The van der Waals surface area contributed by atoms with Gasteiger partial charge in [-0.2, -0.15) is 0 Å². The molecule has 12 heavy (non-hydrogen) atoms. The Morgan fingerprint density at radius 2 is 2.08 bits per heavy atom. The first kappa shape index (κ1) is 9.52. The van der Waals surface area contributed by atoms with E-state index in [0.717, 1.165) is 6.42 Å². The lowest BCUT2D eigenvalue weighted by molar-refractivity contribution is -0.152. The van der Waals surface area contributed by atoms with Crippen molar-refractivity contribution in [2.75, 3.05) is 0 Å². The van der Waals surface area contributed by atoms with Crippen LogP contribution in [0.15, 0.2) is 0 Å². The summed E-state index contributed by atoms with van der Waals surface area (Å²) in [7, 11) is 0. The smallest absolute Gasteiger partial charge is 0.251 e. The summed E-state index contributed by atoms with van der Waals surface area (Å²) in [6, 6.07) is 0.627. The second kappa shape index (κ2) is 3.44. The molecule has 1 saturated heterocycles. The van der Waals surface area contributed by atoms with E-state index < -0.39 is 6.10 Å². The van der Waals surface area contributed by atoms with Gasteiger partial charge in [-0.15, -0.1) is 0 Å². The molecule has 1 N–H and O–H groups in total. The van der Waals surface area contributed by atoms with Crippen LogP contribution in [0.3, 0.4) is 0 Å². The molecule has 1 amide bonds. The molecule has 1 heterocycles. The largest absolute Gasteiger partial charge is 0.383 e. The van der Waals surface area contributed by atoms with Crippen molar-refractivity contribution >= 4 is 5.91 Å². The number of aliphatic hydroxyl groups is 1. The molecule has 3 unspecified atom stereocenters. The van der Waals surface area contributed by atoms with Crippen LogP contribution in [0.5, 0.6) is 0 Å². The fourth-order valence-corrected chi connectivity index (χ4v) is 1.80. The summed E-state index contributed by atoms with van der Waals surface area (Å²) in [5.74, 6) is -0.108. The molecule has 0 aliphatic carbocycles. The number of hydrogen-bond acceptors (Lipinski definition) is 2. The molecule has 0 spiro atoms. The highest BCUT2D eigenvalue weighted by Gasteiger charge is 2.37. The van der Waals surface area contributed by atoms with Gasteiger partial charge in [0.15, 0.2) is 0 Å². The summed E-state index contributed by atoms with van der Waals surface area (Å²) in [6.07, 6.45) is 0.770. The van der Waals surface area contributed by atoms with E-state index in [1.54, 1.807) is 4.90 Å². The van der Waals surface area contributed by atoms with Crippen LogP contribution in [0, 0.1) is 0 Å². The molecule has 3 atom stereocenters. The number of rotatable bonds is 2. The zero-order valence-electron chi connectivity index (χ0n) is 7.95. The second-order valence-corrected chi connectivity index (χ2v) is 3.60. The van der Waals surface area contributed by atoms with Crippen molar-refractivity contribution in [2.24, 2.45) is 0 Å². The first-order valence-corrected chi connectivity index (χ1v) is 4.58. The number of likely N-dealkylation sites (tertiary alicyclic amines) is 1. The maximum Gasteiger partial charge on any atom is 0.251 e. The van der Waals surface area contributed by atoms with Gasteiger partial charge >= 0.3 is 0 Å². The molecule has 0 bridgehead atoms. The van der Waals surface area contributed by atoms with E-state index in [2.05, 4.69) is 0 Å². The lowest BCUT2D eigenvalue weighted by atomic mass is 9.94. The van der Waals surface area contributed by atoms with E-state index in [4.69, 9.17) is 0 Å². The molecule has 3 nitrogen and oxygen atoms in total. The van der Waals surface area contributed by atoms with Gasteiger partial charge in [0.25, 0.3) is 5.91 Å². The van der Waals surface area contributed by atoms with Crippen LogP contribution in [0.4, 0.5) is 0 Å². The minimum atomic E-state index is -0.796. The van der Waals surface area contributed by atoms with Crippen molar-refractivity contribution in [3.8, 4) is 0 Å². The van der Waals surface area contributed by atoms with Crippen LogP contribution >= 0.6 is 0 Å². The third kappa shape index (κ3) is 1.46. The molecule has 0 aromatic heterocycles. The van der Waals surface area contributed by atoms with Crippen LogP contribution in [-0.4, -0.2) is 34.1 Å². The zero-order valence-corrected chi connectivity index (χ0v) is 7.95. The Balaban J connectivity index is 2.52. The molecule has 3 heteroatoms.